The minimum atomic E-state index is -4.26. The SMILES string of the molecule is C=C(C)C(c1ccccc1)N(CCS(=O)(=O)O)C(CO)(CO)CO. The molecular formula is C16H25NO6S. The van der Waals surface area contributed by atoms with Crippen LogP contribution < -0.4 is 0 Å². The summed E-state index contributed by atoms with van der Waals surface area (Å²) >= 11 is 0. The molecule has 0 aliphatic carbocycles. The minimum Gasteiger partial charge on any atom is -0.394 e. The van der Waals surface area contributed by atoms with Crippen molar-refractivity contribution in [3.8, 4) is 0 Å². The molecule has 24 heavy (non-hydrogen) atoms. The summed E-state index contributed by atoms with van der Waals surface area (Å²) in [5.74, 6) is -0.606. The molecule has 1 aromatic carbocycles. The van der Waals surface area contributed by atoms with Crippen LogP contribution >= 0.6 is 0 Å². The van der Waals surface area contributed by atoms with Crippen molar-refractivity contribution in [3.05, 3.63) is 48.0 Å². The van der Waals surface area contributed by atoms with E-state index in [4.69, 9.17) is 4.55 Å². The normalized spacial score (nSPS) is 13.9. The molecule has 136 valence electrons. The van der Waals surface area contributed by atoms with E-state index >= 15 is 0 Å². The lowest BCUT2D eigenvalue weighted by atomic mass is 9.91. The fourth-order valence-corrected chi connectivity index (χ4v) is 3.07. The lowest BCUT2D eigenvalue weighted by Gasteiger charge is -2.45. The number of hydrogen-bond donors (Lipinski definition) is 4. The Morgan fingerprint density at radius 2 is 1.67 bits per heavy atom. The van der Waals surface area contributed by atoms with Gasteiger partial charge in [0.1, 0.15) is 0 Å². The Kier molecular flexibility index (Phi) is 7.53. The standard InChI is InChI=1S/C16H25NO6S/c1-13(2)15(14-6-4-3-5-7-14)17(8-9-24(21,22)23)16(10-18,11-19)12-20/h3-7,15,18-20H,1,8-12H2,2H3,(H,21,22,23). The summed E-state index contributed by atoms with van der Waals surface area (Å²) in [6.45, 7) is 3.66. The van der Waals surface area contributed by atoms with E-state index in [9.17, 15) is 23.7 Å². The van der Waals surface area contributed by atoms with Crippen LogP contribution in [0.15, 0.2) is 42.5 Å². The topological polar surface area (TPSA) is 118 Å². The van der Waals surface area contributed by atoms with Crippen molar-refractivity contribution >= 4 is 10.1 Å². The molecule has 0 amide bonds. The summed E-state index contributed by atoms with van der Waals surface area (Å²) in [5, 5.41) is 29.3. The molecule has 0 aliphatic rings. The Bertz CT molecular complexity index is 619. The maximum Gasteiger partial charge on any atom is 0.266 e. The van der Waals surface area contributed by atoms with Crippen molar-refractivity contribution in [2.45, 2.75) is 18.5 Å². The summed E-state index contributed by atoms with van der Waals surface area (Å²) < 4.78 is 31.4. The van der Waals surface area contributed by atoms with Crippen molar-refractivity contribution in [2.75, 3.05) is 32.1 Å². The first-order valence-corrected chi connectivity index (χ1v) is 9.06. The quantitative estimate of drug-likeness (QED) is 0.348. The first-order valence-electron chi connectivity index (χ1n) is 7.45. The lowest BCUT2D eigenvalue weighted by molar-refractivity contribution is -0.0601. The van der Waals surface area contributed by atoms with Crippen LogP contribution in [-0.2, 0) is 10.1 Å². The second kappa shape index (κ2) is 8.70. The zero-order chi connectivity index (χ0) is 18.4. The molecule has 7 nitrogen and oxygen atoms in total. The molecule has 4 N–H and O–H groups in total. The largest absolute Gasteiger partial charge is 0.394 e. The van der Waals surface area contributed by atoms with Crippen LogP contribution in [0.25, 0.3) is 0 Å². The highest BCUT2D eigenvalue weighted by atomic mass is 32.2. The van der Waals surface area contributed by atoms with Gasteiger partial charge < -0.3 is 15.3 Å². The number of aliphatic hydroxyl groups is 3. The van der Waals surface area contributed by atoms with E-state index in [2.05, 4.69) is 6.58 Å². The van der Waals surface area contributed by atoms with Crippen molar-refractivity contribution < 1.29 is 28.3 Å². The van der Waals surface area contributed by atoms with E-state index in [0.29, 0.717) is 5.57 Å². The van der Waals surface area contributed by atoms with Crippen molar-refractivity contribution in [2.24, 2.45) is 0 Å². The maximum atomic E-state index is 11.2. The van der Waals surface area contributed by atoms with Gasteiger partial charge in [-0.25, -0.2) is 0 Å². The molecule has 1 aromatic rings. The summed E-state index contributed by atoms with van der Waals surface area (Å²) in [4.78, 5) is 1.47. The Hall–Kier alpha value is -1.29. The third-order valence-electron chi connectivity index (χ3n) is 3.98. The van der Waals surface area contributed by atoms with Crippen molar-refractivity contribution in [3.63, 3.8) is 0 Å². The summed E-state index contributed by atoms with van der Waals surface area (Å²) in [6.07, 6.45) is 0. The second-order valence-electron chi connectivity index (χ2n) is 5.84. The third-order valence-corrected chi connectivity index (χ3v) is 4.67. The smallest absolute Gasteiger partial charge is 0.266 e. The highest BCUT2D eigenvalue weighted by Crippen LogP contribution is 2.33. The molecule has 0 saturated carbocycles. The molecule has 0 spiro atoms. The highest BCUT2D eigenvalue weighted by Gasteiger charge is 2.40. The Labute approximate surface area is 142 Å². The Balaban J connectivity index is 3.39. The molecule has 1 atom stereocenters. The molecule has 0 aromatic heterocycles. The Morgan fingerprint density at radius 3 is 2.04 bits per heavy atom. The van der Waals surface area contributed by atoms with Gasteiger partial charge in [0.2, 0.25) is 0 Å². The lowest BCUT2D eigenvalue weighted by Crippen LogP contribution is -2.59. The van der Waals surface area contributed by atoms with E-state index in [-0.39, 0.29) is 6.54 Å². The zero-order valence-corrected chi connectivity index (χ0v) is 14.5. The average Bonchev–Trinajstić information content (AvgIpc) is 2.54. The van der Waals surface area contributed by atoms with Gasteiger partial charge in [0.25, 0.3) is 10.1 Å². The van der Waals surface area contributed by atoms with Crippen LogP contribution in [0.3, 0.4) is 0 Å². The van der Waals surface area contributed by atoms with Crippen molar-refractivity contribution in [1.82, 2.24) is 4.90 Å². The molecule has 0 aliphatic heterocycles. The van der Waals surface area contributed by atoms with E-state index in [1.54, 1.807) is 31.2 Å². The number of aliphatic hydroxyl groups excluding tert-OH is 3. The molecule has 1 unspecified atom stereocenters. The number of nitrogens with zero attached hydrogens (tertiary/aromatic N) is 1. The summed E-state index contributed by atoms with van der Waals surface area (Å²) in [5.41, 5.74) is -0.0687. The van der Waals surface area contributed by atoms with Crippen LogP contribution in [0, 0.1) is 0 Å². The Morgan fingerprint density at radius 1 is 1.17 bits per heavy atom. The van der Waals surface area contributed by atoms with E-state index in [0.717, 1.165) is 5.56 Å². The van der Waals surface area contributed by atoms with Gasteiger partial charge in [-0.1, -0.05) is 42.5 Å². The predicted molar refractivity (Wildman–Crippen MR) is 91.1 cm³/mol. The van der Waals surface area contributed by atoms with E-state index < -0.39 is 47.3 Å². The number of benzene rings is 1. The van der Waals surface area contributed by atoms with Gasteiger partial charge in [0.05, 0.1) is 37.2 Å². The molecule has 0 heterocycles. The number of hydrogen-bond acceptors (Lipinski definition) is 6. The third kappa shape index (κ3) is 5.10. The minimum absolute atomic E-state index is 0.201. The van der Waals surface area contributed by atoms with E-state index in [1.807, 2.05) is 6.07 Å². The first-order chi connectivity index (χ1) is 11.2. The molecular weight excluding hydrogens is 334 g/mol. The molecule has 0 radical (unpaired) electrons. The molecule has 1 rings (SSSR count). The van der Waals surface area contributed by atoms with Crippen molar-refractivity contribution in [1.29, 1.82) is 0 Å². The average molecular weight is 359 g/mol. The summed E-state index contributed by atoms with van der Waals surface area (Å²) in [7, 11) is -4.26. The van der Waals surface area contributed by atoms with Crippen LogP contribution in [-0.4, -0.2) is 70.8 Å². The van der Waals surface area contributed by atoms with Crippen LogP contribution in [0.4, 0.5) is 0 Å². The fraction of sp³-hybridized carbons (Fsp3) is 0.500. The molecule has 0 fully saturated rings. The van der Waals surface area contributed by atoms with E-state index in [1.165, 1.54) is 4.90 Å². The van der Waals surface area contributed by atoms with Gasteiger partial charge >= 0.3 is 0 Å². The maximum absolute atomic E-state index is 11.2. The monoisotopic (exact) mass is 359 g/mol. The second-order valence-corrected chi connectivity index (χ2v) is 7.41. The van der Waals surface area contributed by atoms with Gasteiger partial charge in [-0.3, -0.25) is 9.45 Å². The van der Waals surface area contributed by atoms with Gasteiger partial charge in [0.15, 0.2) is 0 Å². The van der Waals surface area contributed by atoms with Crippen LogP contribution in [0.1, 0.15) is 18.5 Å². The predicted octanol–water partition coefficient (Wildman–Crippen LogP) is 0.209. The van der Waals surface area contributed by atoms with Gasteiger partial charge in [-0.2, -0.15) is 8.42 Å². The number of rotatable bonds is 10. The molecule has 0 saturated heterocycles. The first kappa shape index (κ1) is 20.8. The van der Waals surface area contributed by atoms with Gasteiger partial charge in [-0.05, 0) is 12.5 Å². The van der Waals surface area contributed by atoms with Gasteiger partial charge in [-0.15, -0.1) is 0 Å². The molecule has 8 heteroatoms. The van der Waals surface area contributed by atoms with Gasteiger partial charge in [0, 0.05) is 6.54 Å². The highest BCUT2D eigenvalue weighted by molar-refractivity contribution is 7.85. The molecule has 0 bridgehead atoms. The van der Waals surface area contributed by atoms with Crippen LogP contribution in [0.5, 0.6) is 0 Å². The summed E-state index contributed by atoms with van der Waals surface area (Å²) in [6, 6.07) is 8.46. The van der Waals surface area contributed by atoms with Crippen LogP contribution in [0.2, 0.25) is 0 Å². The fourth-order valence-electron chi connectivity index (χ4n) is 2.64. The zero-order valence-electron chi connectivity index (χ0n) is 13.7.